The van der Waals surface area contributed by atoms with E-state index in [0.717, 1.165) is 0 Å². The summed E-state index contributed by atoms with van der Waals surface area (Å²) in [6.07, 6.45) is -0.228. The number of aliphatic hydroxyl groups is 2. The quantitative estimate of drug-likeness (QED) is 0.645. The third-order valence-electron chi connectivity index (χ3n) is 2.68. The van der Waals surface area contributed by atoms with Crippen LogP contribution in [0, 0.1) is 0 Å². The minimum absolute atomic E-state index is 0.121. The zero-order chi connectivity index (χ0) is 11.7. The van der Waals surface area contributed by atoms with Crippen molar-refractivity contribution in [2.75, 3.05) is 13.1 Å². The number of hydrogen-bond acceptors (Lipinski definition) is 5. The van der Waals surface area contributed by atoms with E-state index in [1.165, 1.54) is 12.3 Å². The number of carboxylic acid groups (broad SMARTS) is 1. The van der Waals surface area contributed by atoms with Crippen molar-refractivity contribution in [1.29, 1.82) is 0 Å². The maximum absolute atomic E-state index is 10.8. The molecule has 2 heterocycles. The molecule has 3 N–H and O–H groups in total. The summed E-state index contributed by atoms with van der Waals surface area (Å²) in [7, 11) is 0. The van der Waals surface area contributed by atoms with Crippen molar-refractivity contribution >= 4 is 5.97 Å². The Morgan fingerprint density at radius 3 is 2.62 bits per heavy atom. The van der Waals surface area contributed by atoms with Gasteiger partial charge in [-0.15, -0.1) is 0 Å². The normalized spacial score (nSPS) is 26.1. The van der Waals surface area contributed by atoms with Crippen LogP contribution in [0.25, 0.3) is 0 Å². The van der Waals surface area contributed by atoms with Crippen LogP contribution in [0.3, 0.4) is 0 Å². The largest absolute Gasteiger partial charge is 0.478 e. The Bertz CT molecular complexity index is 378. The minimum Gasteiger partial charge on any atom is -0.478 e. The summed E-state index contributed by atoms with van der Waals surface area (Å²) < 4.78 is 5.07. The summed E-state index contributed by atoms with van der Waals surface area (Å²) in [5, 5.41) is 27.5. The lowest BCUT2D eigenvalue weighted by Gasteiger charge is -2.12. The van der Waals surface area contributed by atoms with Crippen molar-refractivity contribution in [3.8, 4) is 0 Å². The van der Waals surface area contributed by atoms with E-state index >= 15 is 0 Å². The van der Waals surface area contributed by atoms with Gasteiger partial charge >= 0.3 is 5.97 Å². The Hall–Kier alpha value is -1.37. The van der Waals surface area contributed by atoms with Gasteiger partial charge in [0, 0.05) is 13.1 Å². The van der Waals surface area contributed by atoms with E-state index in [-0.39, 0.29) is 12.1 Å². The van der Waals surface area contributed by atoms with Gasteiger partial charge in [-0.25, -0.2) is 4.79 Å². The average molecular weight is 227 g/mol. The number of nitrogens with zero attached hydrogens (tertiary/aromatic N) is 1. The molecular formula is C10H13NO5. The lowest BCUT2D eigenvalue weighted by atomic mass is 10.2. The van der Waals surface area contributed by atoms with Crippen molar-refractivity contribution in [2.45, 2.75) is 18.8 Å². The second kappa shape index (κ2) is 4.25. The maximum Gasteiger partial charge on any atom is 0.339 e. The van der Waals surface area contributed by atoms with Crippen molar-refractivity contribution in [2.24, 2.45) is 0 Å². The molecule has 0 aliphatic carbocycles. The van der Waals surface area contributed by atoms with E-state index in [0.29, 0.717) is 18.8 Å². The Morgan fingerprint density at radius 1 is 1.44 bits per heavy atom. The number of β-amino-alcohol motifs (C(OH)–C–C–N with tert-alkyl or cyclic N) is 2. The van der Waals surface area contributed by atoms with Crippen LogP contribution in [0.2, 0.25) is 0 Å². The maximum atomic E-state index is 10.8. The van der Waals surface area contributed by atoms with Gasteiger partial charge in [0.05, 0.1) is 25.0 Å². The minimum atomic E-state index is -1.04. The van der Waals surface area contributed by atoms with E-state index in [4.69, 9.17) is 9.52 Å². The van der Waals surface area contributed by atoms with Gasteiger partial charge in [-0.1, -0.05) is 0 Å². The van der Waals surface area contributed by atoms with Crippen LogP contribution >= 0.6 is 0 Å². The summed E-state index contributed by atoms with van der Waals surface area (Å²) in [5.41, 5.74) is 0.121. The lowest BCUT2D eigenvalue weighted by Crippen LogP contribution is -2.22. The molecule has 1 aromatic heterocycles. The molecular weight excluding hydrogens is 214 g/mol. The van der Waals surface area contributed by atoms with Gasteiger partial charge in [-0.05, 0) is 6.07 Å². The fourth-order valence-electron chi connectivity index (χ4n) is 1.83. The smallest absolute Gasteiger partial charge is 0.339 e. The van der Waals surface area contributed by atoms with Gasteiger partial charge in [-0.2, -0.15) is 0 Å². The second-order valence-electron chi connectivity index (χ2n) is 3.89. The van der Waals surface area contributed by atoms with Crippen LogP contribution in [0.5, 0.6) is 0 Å². The first-order chi connectivity index (χ1) is 7.58. The van der Waals surface area contributed by atoms with E-state index < -0.39 is 18.2 Å². The molecule has 2 atom stereocenters. The highest BCUT2D eigenvalue weighted by atomic mass is 16.4. The molecule has 6 heteroatoms. The average Bonchev–Trinajstić information content (AvgIpc) is 2.75. The number of likely N-dealkylation sites (tertiary alicyclic amines) is 1. The van der Waals surface area contributed by atoms with Gasteiger partial charge in [0.25, 0.3) is 0 Å². The van der Waals surface area contributed by atoms with Crippen molar-refractivity contribution < 1.29 is 24.5 Å². The SMILES string of the molecule is O=C(O)c1ccoc1CN1CC(O)C(O)C1. The summed E-state index contributed by atoms with van der Waals surface area (Å²) in [4.78, 5) is 12.6. The molecule has 1 aliphatic rings. The molecule has 1 saturated heterocycles. The summed E-state index contributed by atoms with van der Waals surface area (Å²) >= 11 is 0. The molecule has 0 saturated carbocycles. The van der Waals surface area contributed by atoms with Gasteiger partial charge in [0.15, 0.2) is 0 Å². The molecule has 6 nitrogen and oxygen atoms in total. The van der Waals surface area contributed by atoms with Crippen LogP contribution in [0.15, 0.2) is 16.7 Å². The van der Waals surface area contributed by atoms with Gasteiger partial charge in [-0.3, -0.25) is 4.90 Å². The molecule has 1 aliphatic heterocycles. The van der Waals surface area contributed by atoms with Crippen LogP contribution in [-0.4, -0.2) is 51.5 Å². The summed E-state index contributed by atoms with van der Waals surface area (Å²) in [6, 6.07) is 1.39. The van der Waals surface area contributed by atoms with E-state index in [2.05, 4.69) is 0 Å². The first-order valence-corrected chi connectivity index (χ1v) is 4.96. The molecule has 0 bridgehead atoms. The van der Waals surface area contributed by atoms with E-state index in [1.807, 2.05) is 0 Å². The molecule has 0 aromatic carbocycles. The molecule has 0 amide bonds. The first-order valence-electron chi connectivity index (χ1n) is 4.96. The summed E-state index contributed by atoms with van der Waals surface area (Å²) in [5.74, 6) is -0.696. The van der Waals surface area contributed by atoms with Crippen molar-refractivity contribution in [3.63, 3.8) is 0 Å². The molecule has 2 rings (SSSR count). The molecule has 0 spiro atoms. The van der Waals surface area contributed by atoms with Crippen molar-refractivity contribution in [1.82, 2.24) is 4.90 Å². The molecule has 0 radical (unpaired) electrons. The van der Waals surface area contributed by atoms with Crippen LogP contribution in [0.1, 0.15) is 16.1 Å². The zero-order valence-corrected chi connectivity index (χ0v) is 8.54. The topological polar surface area (TPSA) is 94.1 Å². The second-order valence-corrected chi connectivity index (χ2v) is 3.89. The van der Waals surface area contributed by atoms with Crippen molar-refractivity contribution in [3.05, 3.63) is 23.7 Å². The highest BCUT2D eigenvalue weighted by Gasteiger charge is 2.30. The van der Waals surface area contributed by atoms with Crippen LogP contribution < -0.4 is 0 Å². The van der Waals surface area contributed by atoms with Gasteiger partial charge in [0.1, 0.15) is 11.3 Å². The van der Waals surface area contributed by atoms with E-state index in [9.17, 15) is 15.0 Å². The molecule has 1 fully saturated rings. The fraction of sp³-hybridized carbons (Fsp3) is 0.500. The molecule has 88 valence electrons. The Morgan fingerprint density at radius 2 is 2.06 bits per heavy atom. The predicted molar refractivity (Wildman–Crippen MR) is 53.0 cm³/mol. The molecule has 1 aromatic rings. The fourth-order valence-corrected chi connectivity index (χ4v) is 1.83. The zero-order valence-electron chi connectivity index (χ0n) is 8.54. The molecule has 16 heavy (non-hydrogen) atoms. The Labute approximate surface area is 91.7 Å². The number of carbonyl (C=O) groups is 1. The van der Waals surface area contributed by atoms with Crippen LogP contribution in [-0.2, 0) is 6.54 Å². The molecule has 2 unspecified atom stereocenters. The standard InChI is InChI=1S/C10H13NO5/c12-7-3-11(4-8(7)13)5-9-6(10(14)15)1-2-16-9/h1-2,7-8,12-13H,3-5H2,(H,14,15). The number of aromatic carboxylic acids is 1. The van der Waals surface area contributed by atoms with Gasteiger partial charge < -0.3 is 19.7 Å². The van der Waals surface area contributed by atoms with E-state index in [1.54, 1.807) is 4.90 Å². The van der Waals surface area contributed by atoms with Gasteiger partial charge in [0.2, 0.25) is 0 Å². The lowest BCUT2D eigenvalue weighted by molar-refractivity contribution is 0.0572. The highest BCUT2D eigenvalue weighted by molar-refractivity contribution is 5.88. The van der Waals surface area contributed by atoms with Crippen LogP contribution in [0.4, 0.5) is 0 Å². The number of rotatable bonds is 3. The number of aliphatic hydroxyl groups excluding tert-OH is 2. The Kier molecular flexibility index (Phi) is 2.95. The predicted octanol–water partition coefficient (Wildman–Crippen LogP) is -0.485. The Balaban J connectivity index is 2.05. The third-order valence-corrected chi connectivity index (χ3v) is 2.68. The number of hydrogen-bond donors (Lipinski definition) is 3. The number of carboxylic acids is 1. The number of furan rings is 1. The monoisotopic (exact) mass is 227 g/mol. The first kappa shape index (κ1) is 11.1. The highest BCUT2D eigenvalue weighted by Crippen LogP contribution is 2.17. The summed E-state index contributed by atoms with van der Waals surface area (Å²) in [6.45, 7) is 0.921. The third kappa shape index (κ3) is 2.08.